The number of fused-ring (bicyclic) bond motifs is 1. The monoisotopic (exact) mass is 485 g/mol. The number of aromatic amines is 1. The number of H-pyrrole nitrogens is 1. The van der Waals surface area contributed by atoms with Gasteiger partial charge in [-0.15, -0.1) is 0 Å². The molecule has 0 saturated carbocycles. The molecule has 2 aromatic rings. The molecule has 19 nitrogen and oxygen atoms in total. The number of phosphoric ester groups is 1. The van der Waals surface area contributed by atoms with Gasteiger partial charge in [0.15, 0.2) is 0 Å². The molecule has 0 aliphatic carbocycles. The summed E-state index contributed by atoms with van der Waals surface area (Å²) in [6.45, 7) is -1.16. The van der Waals surface area contributed by atoms with Gasteiger partial charge in [0.1, 0.15) is 18.3 Å². The van der Waals surface area contributed by atoms with Crippen LogP contribution in [0.15, 0.2) is 4.79 Å². The molecule has 5 N–H and O–H groups in total. The third kappa shape index (κ3) is 4.80. The minimum atomic E-state index is -5.98. The molecule has 5 atom stereocenters. The molecule has 0 radical (unpaired) electrons. The summed E-state index contributed by atoms with van der Waals surface area (Å²) in [6.07, 6.45) is -7.46. The molecule has 0 bridgehead atoms. The summed E-state index contributed by atoms with van der Waals surface area (Å²) in [5.74, 6) is -1.50. The summed E-state index contributed by atoms with van der Waals surface area (Å²) in [4.78, 5) is 63.6. The maximum Gasteiger partial charge on any atom is 0.439 e. The van der Waals surface area contributed by atoms with Crippen LogP contribution >= 0.6 is 15.6 Å². The Morgan fingerprint density at radius 2 is 1.90 bits per heavy atom. The van der Waals surface area contributed by atoms with Crippen molar-refractivity contribution < 1.29 is 52.5 Å². The van der Waals surface area contributed by atoms with Crippen LogP contribution in [-0.4, -0.2) is 59.6 Å². The number of nitrogens with one attached hydrogen (secondary N) is 1. The normalized spacial score (nSPS) is 26.2. The molecule has 0 amide bonds. The van der Waals surface area contributed by atoms with Crippen molar-refractivity contribution in [2.45, 2.75) is 24.5 Å². The Bertz CT molecular complexity index is 1170. The van der Waals surface area contributed by atoms with Gasteiger partial charge in [-0.1, -0.05) is 4.98 Å². The summed E-state index contributed by atoms with van der Waals surface area (Å²) in [7, 11) is -11.7. The van der Waals surface area contributed by atoms with Crippen LogP contribution in [0.5, 0.6) is 0 Å². The molecule has 0 spiro atoms. The van der Waals surface area contributed by atoms with Crippen molar-refractivity contribution in [3.05, 3.63) is 20.5 Å². The van der Waals surface area contributed by atoms with E-state index >= 15 is 0 Å². The summed E-state index contributed by atoms with van der Waals surface area (Å²) >= 11 is 0. The minimum Gasteiger partial charge on any atom is -0.790 e. The largest absolute Gasteiger partial charge is 0.790 e. The minimum absolute atomic E-state index is 0.467. The fourth-order valence-corrected chi connectivity index (χ4v) is 4.24. The SMILES string of the molecule is Nc1nc2c(nc([N+](=O)[O-])n2[C@@H]2O[C@H](COP(=O)([O-])OP(=O)([O-])[O-])[C@@H](O)[C@H]2O)c(=O)[nH]1. The maximum absolute atomic E-state index is 11.9. The van der Waals surface area contributed by atoms with Gasteiger partial charge in [0.25, 0.3) is 18.9 Å². The molecule has 172 valence electrons. The second kappa shape index (κ2) is 7.99. The second-order valence-electron chi connectivity index (χ2n) is 5.98. The van der Waals surface area contributed by atoms with E-state index in [1.807, 2.05) is 0 Å². The Labute approximate surface area is 169 Å². The van der Waals surface area contributed by atoms with Crippen LogP contribution < -0.4 is 26.0 Å². The van der Waals surface area contributed by atoms with Crippen molar-refractivity contribution in [2.75, 3.05) is 12.3 Å². The zero-order valence-corrected chi connectivity index (χ0v) is 16.5. The van der Waals surface area contributed by atoms with Crippen molar-refractivity contribution in [2.24, 2.45) is 0 Å². The molecule has 21 heteroatoms. The number of phosphoric acid groups is 2. The first-order valence-corrected chi connectivity index (χ1v) is 10.7. The van der Waals surface area contributed by atoms with Gasteiger partial charge in [0.05, 0.1) is 14.4 Å². The predicted molar refractivity (Wildman–Crippen MR) is 87.4 cm³/mol. The molecule has 2 aromatic heterocycles. The first-order chi connectivity index (χ1) is 14.2. The molecule has 1 aliphatic rings. The van der Waals surface area contributed by atoms with Gasteiger partial charge in [0, 0.05) is 0 Å². The van der Waals surface area contributed by atoms with Crippen molar-refractivity contribution in [1.29, 1.82) is 0 Å². The Hall–Kier alpha value is -2.31. The van der Waals surface area contributed by atoms with E-state index in [4.69, 9.17) is 10.5 Å². The van der Waals surface area contributed by atoms with E-state index in [0.29, 0.717) is 4.57 Å². The number of imidazole rings is 1. The number of aliphatic hydroxyl groups excluding tert-OH is 2. The number of hydrogen-bond acceptors (Lipinski definition) is 16. The number of hydrogen-bond donors (Lipinski definition) is 4. The van der Waals surface area contributed by atoms with Gasteiger partial charge in [0.2, 0.25) is 17.8 Å². The van der Waals surface area contributed by atoms with E-state index in [-0.39, 0.29) is 0 Å². The quantitative estimate of drug-likeness (QED) is 0.163. The third-order valence-corrected chi connectivity index (χ3v) is 5.97. The Kier molecular flexibility index (Phi) is 6.02. The van der Waals surface area contributed by atoms with Crippen LogP contribution in [0.2, 0.25) is 0 Å². The number of nitrogens with zero attached hydrogens (tertiary/aromatic N) is 4. The zero-order valence-electron chi connectivity index (χ0n) is 14.7. The van der Waals surface area contributed by atoms with Crippen LogP contribution in [0.4, 0.5) is 11.9 Å². The third-order valence-electron chi connectivity index (χ3n) is 3.90. The molecule has 3 rings (SSSR count). The Morgan fingerprint density at radius 1 is 1.26 bits per heavy atom. The van der Waals surface area contributed by atoms with Gasteiger partial charge in [-0.3, -0.25) is 18.7 Å². The van der Waals surface area contributed by atoms with E-state index in [9.17, 15) is 48.9 Å². The number of nitro groups is 1. The number of nitrogen functional groups attached to an aromatic ring is 1. The standard InChI is InChI=1S/C10H14N6O13P2/c11-9-13-6-3(7(19)14-9)12-10(16(20)21)15(6)8-5(18)4(17)2(28-8)1-27-31(25,26)29-30(22,23)24/h2,4-5,8,17-18H,1H2,(H,25,26)(H2,22,23,24)(H3,11,13,14,19)/p-3/t2-,4-,5-,8-/m1/s1. The van der Waals surface area contributed by atoms with Gasteiger partial charge < -0.3 is 54.6 Å². The topological polar surface area (TPSA) is 304 Å². The van der Waals surface area contributed by atoms with E-state index in [0.717, 1.165) is 0 Å². The lowest BCUT2D eigenvalue weighted by molar-refractivity contribution is -0.398. The fourth-order valence-electron chi connectivity index (χ4n) is 2.74. The molecular formula is C10H11N6O13P2-3. The lowest BCUT2D eigenvalue weighted by atomic mass is 10.1. The lowest BCUT2D eigenvalue weighted by Crippen LogP contribution is -2.34. The average Bonchev–Trinajstić information content (AvgIpc) is 3.10. The first kappa shape index (κ1) is 23.4. The fraction of sp³-hybridized carbons (Fsp3) is 0.500. The van der Waals surface area contributed by atoms with Gasteiger partial charge >= 0.3 is 5.95 Å². The van der Waals surface area contributed by atoms with Crippen molar-refractivity contribution in [3.8, 4) is 0 Å². The zero-order chi connectivity index (χ0) is 23.3. The summed E-state index contributed by atoms with van der Waals surface area (Å²) < 4.78 is 34.8. The van der Waals surface area contributed by atoms with Crippen LogP contribution in [0.25, 0.3) is 11.2 Å². The van der Waals surface area contributed by atoms with Crippen molar-refractivity contribution in [3.63, 3.8) is 0 Å². The molecule has 1 unspecified atom stereocenters. The molecule has 3 heterocycles. The molecule has 1 saturated heterocycles. The number of ether oxygens (including phenoxy) is 1. The van der Waals surface area contributed by atoms with Gasteiger partial charge in [-0.05, 0) is 4.92 Å². The smallest absolute Gasteiger partial charge is 0.439 e. The molecule has 1 aliphatic heterocycles. The average molecular weight is 485 g/mol. The van der Waals surface area contributed by atoms with Gasteiger partial charge in [-0.2, -0.15) is 9.55 Å². The highest BCUT2D eigenvalue weighted by Gasteiger charge is 2.49. The molecular weight excluding hydrogens is 474 g/mol. The highest BCUT2D eigenvalue weighted by molar-refractivity contribution is 7.58. The maximum atomic E-state index is 11.9. The van der Waals surface area contributed by atoms with Gasteiger partial charge in [-0.25, -0.2) is 0 Å². The van der Waals surface area contributed by atoms with Crippen LogP contribution in [-0.2, 0) is 22.7 Å². The van der Waals surface area contributed by atoms with E-state index < -0.39 is 80.3 Å². The van der Waals surface area contributed by atoms with Crippen LogP contribution in [0, 0.1) is 10.1 Å². The number of aliphatic hydroxyl groups is 2. The molecule has 31 heavy (non-hydrogen) atoms. The van der Waals surface area contributed by atoms with Crippen LogP contribution in [0.3, 0.4) is 0 Å². The highest BCUT2D eigenvalue weighted by Crippen LogP contribution is 2.50. The number of anilines is 1. The van der Waals surface area contributed by atoms with Crippen molar-refractivity contribution in [1.82, 2.24) is 19.5 Å². The predicted octanol–water partition coefficient (Wildman–Crippen LogP) is -4.44. The Balaban J connectivity index is 1.93. The summed E-state index contributed by atoms with van der Waals surface area (Å²) in [5, 5.41) is 31.7. The number of rotatable bonds is 7. The summed E-state index contributed by atoms with van der Waals surface area (Å²) in [5.41, 5.74) is 3.40. The molecule has 0 aromatic carbocycles. The highest BCUT2D eigenvalue weighted by atomic mass is 31.3. The molecule has 1 fully saturated rings. The van der Waals surface area contributed by atoms with E-state index in [2.05, 4.69) is 23.8 Å². The number of nitrogens with two attached hydrogens (primary N) is 1. The Morgan fingerprint density at radius 3 is 2.48 bits per heavy atom. The van der Waals surface area contributed by atoms with E-state index in [1.165, 1.54) is 0 Å². The number of aromatic nitrogens is 4. The van der Waals surface area contributed by atoms with E-state index in [1.54, 1.807) is 0 Å². The summed E-state index contributed by atoms with van der Waals surface area (Å²) in [6, 6.07) is 0. The van der Waals surface area contributed by atoms with Crippen molar-refractivity contribution >= 4 is 38.7 Å². The second-order valence-corrected chi connectivity index (χ2v) is 8.68. The van der Waals surface area contributed by atoms with Crippen LogP contribution in [0.1, 0.15) is 6.23 Å². The first-order valence-electron chi connectivity index (χ1n) is 7.83. The lowest BCUT2D eigenvalue weighted by Gasteiger charge is -2.35.